The summed E-state index contributed by atoms with van der Waals surface area (Å²) in [5.41, 5.74) is 9.00. The van der Waals surface area contributed by atoms with Crippen molar-refractivity contribution in [1.29, 1.82) is 0 Å². The van der Waals surface area contributed by atoms with Crippen LogP contribution in [0.2, 0.25) is 0 Å². The quantitative estimate of drug-likeness (QED) is 0.780. The Kier molecular flexibility index (Phi) is 2.60. The van der Waals surface area contributed by atoms with Gasteiger partial charge in [-0.25, -0.2) is 0 Å². The van der Waals surface area contributed by atoms with Gasteiger partial charge in [0.2, 0.25) is 0 Å². The number of anilines is 2. The first-order valence-electron chi connectivity index (χ1n) is 7.33. The van der Waals surface area contributed by atoms with Gasteiger partial charge in [-0.15, -0.1) is 0 Å². The fraction of sp³-hybridized carbons (Fsp3) is 0.438. The second-order valence-corrected chi connectivity index (χ2v) is 5.99. The van der Waals surface area contributed by atoms with Gasteiger partial charge in [0.05, 0.1) is 17.3 Å². The first-order chi connectivity index (χ1) is 9.74. The number of aromatic nitrogens is 1. The van der Waals surface area contributed by atoms with Crippen LogP contribution in [0.15, 0.2) is 30.5 Å². The molecule has 0 saturated carbocycles. The van der Waals surface area contributed by atoms with Crippen LogP contribution >= 0.6 is 0 Å². The first-order valence-corrected chi connectivity index (χ1v) is 7.33. The van der Waals surface area contributed by atoms with Crippen molar-refractivity contribution in [2.24, 2.45) is 0 Å². The van der Waals surface area contributed by atoms with Crippen molar-refractivity contribution in [2.45, 2.75) is 43.9 Å². The molecule has 0 amide bonds. The Morgan fingerprint density at radius 3 is 2.65 bits per heavy atom. The number of nitrogens with two attached hydrogens (primary N) is 1. The first kappa shape index (κ1) is 12.0. The van der Waals surface area contributed by atoms with E-state index in [2.05, 4.69) is 16.0 Å². The molecule has 3 N–H and O–H groups in total. The van der Waals surface area contributed by atoms with E-state index >= 15 is 0 Å². The lowest BCUT2D eigenvalue weighted by atomic mass is 9.98. The average Bonchev–Trinajstić information content (AvgIpc) is 2.72. The molecule has 4 nitrogen and oxygen atoms in total. The number of rotatable bonds is 1. The topological polar surface area (TPSA) is 62.4 Å². The maximum atomic E-state index is 9.95. The lowest BCUT2D eigenvalue weighted by Gasteiger charge is -2.39. The van der Waals surface area contributed by atoms with Crippen molar-refractivity contribution in [3.05, 3.63) is 30.5 Å². The van der Waals surface area contributed by atoms with Gasteiger partial charge in [-0.2, -0.15) is 0 Å². The molecular formula is C16H19N3O. The van der Waals surface area contributed by atoms with E-state index in [0.29, 0.717) is 12.1 Å². The number of hydrogen-bond donors (Lipinski definition) is 2. The molecule has 1 aromatic carbocycles. The fourth-order valence-electron chi connectivity index (χ4n) is 3.93. The number of aliphatic hydroxyl groups excluding tert-OH is 1. The minimum Gasteiger partial charge on any atom is -0.398 e. The standard InChI is InChI=1S/C16H19N3O/c17-14-5-6-15(16-13(14)2-1-7-18-16)19-10-3-4-11(19)9-12(20)8-10/h1-2,5-7,10-12,20H,3-4,8-9,17H2. The van der Waals surface area contributed by atoms with Crippen LogP contribution in [0.1, 0.15) is 25.7 Å². The largest absolute Gasteiger partial charge is 0.398 e. The minimum atomic E-state index is -0.142. The molecule has 0 aliphatic carbocycles. The van der Waals surface area contributed by atoms with Crippen molar-refractivity contribution >= 4 is 22.3 Å². The molecule has 2 unspecified atom stereocenters. The van der Waals surface area contributed by atoms with Gasteiger partial charge in [0, 0.05) is 29.4 Å². The van der Waals surface area contributed by atoms with Gasteiger partial charge in [-0.1, -0.05) is 0 Å². The smallest absolute Gasteiger partial charge is 0.0956 e. The Labute approximate surface area is 118 Å². The normalized spacial score (nSPS) is 29.1. The molecule has 2 fully saturated rings. The molecule has 20 heavy (non-hydrogen) atoms. The zero-order valence-corrected chi connectivity index (χ0v) is 11.4. The van der Waals surface area contributed by atoms with Crippen molar-refractivity contribution in [3.8, 4) is 0 Å². The van der Waals surface area contributed by atoms with E-state index in [1.165, 1.54) is 18.5 Å². The Morgan fingerprint density at radius 2 is 1.90 bits per heavy atom. The summed E-state index contributed by atoms with van der Waals surface area (Å²) in [5, 5.41) is 11.0. The predicted molar refractivity (Wildman–Crippen MR) is 80.7 cm³/mol. The summed E-state index contributed by atoms with van der Waals surface area (Å²) >= 11 is 0. The van der Waals surface area contributed by atoms with E-state index in [9.17, 15) is 5.11 Å². The Hall–Kier alpha value is -1.81. The number of benzene rings is 1. The molecule has 2 aliphatic rings. The van der Waals surface area contributed by atoms with Crippen molar-refractivity contribution in [3.63, 3.8) is 0 Å². The lowest BCUT2D eigenvalue weighted by Crippen LogP contribution is -2.44. The fourth-order valence-corrected chi connectivity index (χ4v) is 3.93. The summed E-state index contributed by atoms with van der Waals surface area (Å²) in [4.78, 5) is 7.02. The number of pyridine rings is 1. The second kappa shape index (κ2) is 4.35. The van der Waals surface area contributed by atoms with Gasteiger partial charge in [-0.05, 0) is 49.9 Å². The van der Waals surface area contributed by atoms with Crippen LogP contribution < -0.4 is 10.6 Å². The van der Waals surface area contributed by atoms with E-state index in [0.717, 1.165) is 29.4 Å². The third kappa shape index (κ3) is 1.68. The number of nitrogen functional groups attached to an aromatic ring is 1. The highest BCUT2D eigenvalue weighted by molar-refractivity contribution is 5.98. The van der Waals surface area contributed by atoms with E-state index in [4.69, 9.17) is 5.73 Å². The maximum Gasteiger partial charge on any atom is 0.0956 e. The minimum absolute atomic E-state index is 0.142. The van der Waals surface area contributed by atoms with Crippen LogP contribution in [0.5, 0.6) is 0 Å². The second-order valence-electron chi connectivity index (χ2n) is 5.99. The van der Waals surface area contributed by atoms with E-state index < -0.39 is 0 Å². The number of aliphatic hydroxyl groups is 1. The SMILES string of the molecule is Nc1ccc(N2C3CCC2CC(O)C3)c2ncccc12. The van der Waals surface area contributed by atoms with Gasteiger partial charge in [-0.3, -0.25) is 4.98 Å². The van der Waals surface area contributed by atoms with Gasteiger partial charge in [0.1, 0.15) is 0 Å². The molecule has 4 rings (SSSR count). The lowest BCUT2D eigenvalue weighted by molar-refractivity contribution is 0.126. The van der Waals surface area contributed by atoms with Gasteiger partial charge >= 0.3 is 0 Å². The highest BCUT2D eigenvalue weighted by Crippen LogP contribution is 2.42. The Balaban J connectivity index is 1.85. The van der Waals surface area contributed by atoms with Crippen molar-refractivity contribution in [1.82, 2.24) is 4.98 Å². The summed E-state index contributed by atoms with van der Waals surface area (Å²) in [5.74, 6) is 0. The molecule has 2 aliphatic heterocycles. The van der Waals surface area contributed by atoms with Crippen LogP contribution in [0.25, 0.3) is 10.9 Å². The molecule has 1 aromatic heterocycles. The molecule has 2 saturated heterocycles. The van der Waals surface area contributed by atoms with Crippen LogP contribution in [-0.2, 0) is 0 Å². The van der Waals surface area contributed by atoms with Crippen LogP contribution in [0.4, 0.5) is 11.4 Å². The molecule has 104 valence electrons. The van der Waals surface area contributed by atoms with Crippen molar-refractivity contribution < 1.29 is 5.11 Å². The van der Waals surface area contributed by atoms with Gasteiger partial charge in [0.15, 0.2) is 0 Å². The number of fused-ring (bicyclic) bond motifs is 3. The Bertz CT molecular complexity index is 643. The summed E-state index contributed by atoms with van der Waals surface area (Å²) < 4.78 is 0. The van der Waals surface area contributed by atoms with E-state index in [-0.39, 0.29) is 6.10 Å². The highest BCUT2D eigenvalue weighted by Gasteiger charge is 2.40. The molecule has 3 heterocycles. The number of hydrogen-bond acceptors (Lipinski definition) is 4. The highest BCUT2D eigenvalue weighted by atomic mass is 16.3. The molecule has 0 spiro atoms. The monoisotopic (exact) mass is 269 g/mol. The molecule has 2 bridgehead atoms. The van der Waals surface area contributed by atoms with E-state index in [1.54, 1.807) is 0 Å². The number of nitrogens with zero attached hydrogens (tertiary/aromatic N) is 2. The van der Waals surface area contributed by atoms with Crippen LogP contribution in [-0.4, -0.2) is 28.3 Å². The Morgan fingerprint density at radius 1 is 1.15 bits per heavy atom. The van der Waals surface area contributed by atoms with Gasteiger partial charge in [0.25, 0.3) is 0 Å². The van der Waals surface area contributed by atoms with Crippen LogP contribution in [0, 0.1) is 0 Å². The zero-order valence-electron chi connectivity index (χ0n) is 11.4. The average molecular weight is 269 g/mol. The predicted octanol–water partition coefficient (Wildman–Crippen LogP) is 2.31. The molecule has 2 aromatic rings. The molecule has 0 radical (unpaired) electrons. The molecule has 2 atom stereocenters. The molecule has 4 heteroatoms. The third-order valence-corrected chi connectivity index (χ3v) is 4.77. The van der Waals surface area contributed by atoms with Crippen molar-refractivity contribution in [2.75, 3.05) is 10.6 Å². The summed E-state index contributed by atoms with van der Waals surface area (Å²) in [6, 6.07) is 8.91. The maximum absolute atomic E-state index is 9.95. The zero-order chi connectivity index (χ0) is 13.7. The van der Waals surface area contributed by atoms with Gasteiger partial charge < -0.3 is 15.7 Å². The summed E-state index contributed by atoms with van der Waals surface area (Å²) in [6.07, 6.45) is 5.76. The number of piperidine rings is 1. The third-order valence-electron chi connectivity index (χ3n) is 4.77. The molecular weight excluding hydrogens is 250 g/mol. The summed E-state index contributed by atoms with van der Waals surface area (Å²) in [6.45, 7) is 0. The van der Waals surface area contributed by atoms with E-state index in [1.807, 2.05) is 24.4 Å². The summed E-state index contributed by atoms with van der Waals surface area (Å²) in [7, 11) is 0. The van der Waals surface area contributed by atoms with Crippen LogP contribution in [0.3, 0.4) is 0 Å².